The number of aromatic hydroxyl groups is 2. The molecule has 0 saturated heterocycles. The summed E-state index contributed by atoms with van der Waals surface area (Å²) in [7, 11) is 6.68. The third kappa shape index (κ3) is 10.2. The molecule has 1 heterocycles. The molecule has 2 aromatic rings. The first-order valence-electron chi connectivity index (χ1n) is 24.6. The van der Waals surface area contributed by atoms with E-state index in [1.165, 1.54) is 7.11 Å². The number of hydrogen-bond donors (Lipinski definition) is 7. The number of ketones is 1. The second-order valence-electron chi connectivity index (χ2n) is 20.0. The van der Waals surface area contributed by atoms with Gasteiger partial charge in [-0.05, 0) is 161 Å². The van der Waals surface area contributed by atoms with Crippen LogP contribution in [0.1, 0.15) is 127 Å². The fourth-order valence-electron chi connectivity index (χ4n) is 13.4. The molecule has 2 aromatic carbocycles. The lowest BCUT2D eigenvalue weighted by atomic mass is 9.50. The van der Waals surface area contributed by atoms with Gasteiger partial charge in [0.1, 0.15) is 5.60 Å². The lowest BCUT2D eigenvalue weighted by Crippen LogP contribution is -2.50. The number of aliphatic hydroxyl groups is 2. The van der Waals surface area contributed by atoms with Crippen LogP contribution in [0.4, 0.5) is 5.69 Å². The zero-order chi connectivity index (χ0) is 46.2. The lowest BCUT2D eigenvalue weighted by molar-refractivity contribution is -0.125. The van der Waals surface area contributed by atoms with Crippen LogP contribution in [0.15, 0.2) is 47.5 Å². The molecule has 7 N–H and O–H groups in total. The monoisotopic (exact) mass is 897 g/mol. The maximum Gasteiger partial charge on any atom is 0.207 e. The average Bonchev–Trinajstić information content (AvgIpc) is 4.05. The molecule has 10 atom stereocenters. The van der Waals surface area contributed by atoms with Crippen molar-refractivity contribution in [3.63, 3.8) is 0 Å². The fraction of sp³-hybridized carbons (Fsp3) is 0.660. The molecule has 65 heavy (non-hydrogen) atoms. The predicted molar refractivity (Wildman–Crippen MR) is 255 cm³/mol. The second kappa shape index (κ2) is 21.6. The van der Waals surface area contributed by atoms with Gasteiger partial charge < -0.3 is 45.3 Å². The molecular weight excluding hydrogens is 821 g/mol. The molecule has 0 aromatic heterocycles. The number of ether oxygens (including phenoxy) is 3. The van der Waals surface area contributed by atoms with Crippen LogP contribution in [0.3, 0.4) is 0 Å². The highest BCUT2D eigenvalue weighted by molar-refractivity contribution is 5.97. The highest BCUT2D eigenvalue weighted by Crippen LogP contribution is 2.64. The number of methoxy groups -OCH3 is 2. The first kappa shape index (κ1) is 48.6. The van der Waals surface area contributed by atoms with E-state index in [-0.39, 0.29) is 47.6 Å². The Labute approximate surface area is 387 Å². The molecule has 7 rings (SSSR count). The number of aliphatic hydroxyl groups excluding tert-OH is 2. The number of unbranched alkanes of at least 4 members (excludes halogenated alkanes) is 1. The third-order valence-electron chi connectivity index (χ3n) is 16.4. The van der Waals surface area contributed by atoms with Crippen LogP contribution >= 0.6 is 0 Å². The average molecular weight is 897 g/mol. The molecular formula is C53H76N4O8. The van der Waals surface area contributed by atoms with Crippen molar-refractivity contribution < 1.29 is 39.4 Å². The minimum absolute atomic E-state index is 0.00397. The Hall–Kier alpha value is -4.28. The van der Waals surface area contributed by atoms with Gasteiger partial charge in [-0.25, -0.2) is 0 Å². The van der Waals surface area contributed by atoms with Crippen molar-refractivity contribution in [2.75, 3.05) is 46.8 Å². The van der Waals surface area contributed by atoms with Crippen molar-refractivity contribution in [3.05, 3.63) is 53.6 Å². The maximum absolute atomic E-state index is 15.4. The van der Waals surface area contributed by atoms with E-state index in [1.807, 2.05) is 25.3 Å². The zero-order valence-electron chi connectivity index (χ0n) is 39.6. The van der Waals surface area contributed by atoms with E-state index in [9.17, 15) is 20.4 Å². The highest BCUT2D eigenvalue weighted by atomic mass is 16.6. The van der Waals surface area contributed by atoms with Crippen molar-refractivity contribution >= 4 is 17.4 Å². The van der Waals surface area contributed by atoms with Crippen LogP contribution < -0.4 is 25.4 Å². The number of guanidine groups is 1. The number of hydrogen-bond acceptors (Lipinski definition) is 10. The van der Waals surface area contributed by atoms with E-state index in [2.05, 4.69) is 58.0 Å². The summed E-state index contributed by atoms with van der Waals surface area (Å²) in [5, 5.41) is 53.5. The molecule has 4 fully saturated rings. The molecule has 4 aliphatic carbocycles. The smallest absolute Gasteiger partial charge is 0.207 e. The van der Waals surface area contributed by atoms with Crippen LogP contribution in [-0.2, 0) is 21.4 Å². The minimum Gasteiger partial charge on any atom is -0.504 e. The largest absolute Gasteiger partial charge is 0.504 e. The molecule has 12 heteroatoms. The summed E-state index contributed by atoms with van der Waals surface area (Å²) in [6.45, 7) is 2.96. The van der Waals surface area contributed by atoms with Gasteiger partial charge in [-0.3, -0.25) is 15.1 Å². The first-order valence-corrected chi connectivity index (χ1v) is 24.6. The number of allylic oxidation sites excluding steroid dienone is 2. The van der Waals surface area contributed by atoms with Gasteiger partial charge in [0.15, 0.2) is 35.1 Å². The quantitative estimate of drug-likeness (QED) is 0.0490. The van der Waals surface area contributed by atoms with Crippen molar-refractivity contribution in [2.24, 2.45) is 45.9 Å². The highest BCUT2D eigenvalue weighted by Gasteiger charge is 2.57. The number of phenolic OH excluding ortho intramolecular Hbond substituents is 2. The third-order valence-corrected chi connectivity index (χ3v) is 16.4. The lowest BCUT2D eigenvalue weighted by Gasteiger charge is -2.54. The molecule has 0 amide bonds. The summed E-state index contributed by atoms with van der Waals surface area (Å²) in [6, 6.07) is 12.8. The van der Waals surface area contributed by atoms with Crippen molar-refractivity contribution in [2.45, 2.75) is 140 Å². The molecule has 1 spiro atoms. The first-order chi connectivity index (χ1) is 31.5. The SMILES string of the molecule is CCCCC1CC(CCCO)C2CCCC23c2cc(c(O)c(OC4(CNC)CCC(CC(O)OC)C4)c2)NC(=NC)NC#CCC2CCCC2(Cc2ccc(O)c(OC)c2)C(=O)C=CC13. The van der Waals surface area contributed by atoms with Gasteiger partial charge in [0.05, 0.1) is 12.8 Å². The van der Waals surface area contributed by atoms with Crippen LogP contribution in [0, 0.1) is 52.9 Å². The van der Waals surface area contributed by atoms with Crippen LogP contribution in [0.5, 0.6) is 23.0 Å². The number of carbonyl (C=O) groups is 1. The molecule has 10 unspecified atom stereocenters. The zero-order valence-corrected chi connectivity index (χ0v) is 39.6. The molecule has 4 saturated carbocycles. The van der Waals surface area contributed by atoms with E-state index >= 15 is 4.79 Å². The molecule has 5 aliphatic rings. The van der Waals surface area contributed by atoms with Crippen molar-refractivity contribution in [3.8, 4) is 35.0 Å². The predicted octanol–water partition coefficient (Wildman–Crippen LogP) is 8.36. The maximum atomic E-state index is 15.4. The number of nitrogens with zero attached hydrogens (tertiary/aromatic N) is 1. The number of phenols is 2. The number of anilines is 1. The molecule has 1 aliphatic heterocycles. The summed E-state index contributed by atoms with van der Waals surface area (Å²) in [5.74, 6) is 5.87. The van der Waals surface area contributed by atoms with Crippen LogP contribution in [0.25, 0.3) is 0 Å². The molecule has 356 valence electrons. The summed E-state index contributed by atoms with van der Waals surface area (Å²) in [4.78, 5) is 20.0. The Morgan fingerprint density at radius 1 is 1.02 bits per heavy atom. The normalized spacial score (nSPS) is 32.1. The second-order valence-corrected chi connectivity index (χ2v) is 20.0. The van der Waals surface area contributed by atoms with Gasteiger partial charge in [0.25, 0.3) is 0 Å². The van der Waals surface area contributed by atoms with Gasteiger partial charge in [-0.15, -0.1) is 0 Å². The van der Waals surface area contributed by atoms with Gasteiger partial charge >= 0.3 is 0 Å². The summed E-state index contributed by atoms with van der Waals surface area (Å²) >= 11 is 0. The van der Waals surface area contributed by atoms with E-state index in [0.717, 1.165) is 101 Å². The molecule has 2 bridgehead atoms. The minimum atomic E-state index is -0.854. The topological polar surface area (TPSA) is 174 Å². The number of likely N-dealkylation sites (N-methyl/N-ethyl adjacent to an activating group) is 1. The number of aliphatic imine (C=N–C) groups is 1. The van der Waals surface area contributed by atoms with E-state index in [4.69, 9.17) is 14.2 Å². The molecule has 0 radical (unpaired) electrons. The van der Waals surface area contributed by atoms with E-state index in [1.54, 1.807) is 20.2 Å². The number of carbonyl (C=O) groups excluding carboxylic acids is 1. The molecule has 12 nitrogen and oxygen atoms in total. The van der Waals surface area contributed by atoms with Crippen LogP contribution in [0.2, 0.25) is 0 Å². The van der Waals surface area contributed by atoms with Crippen molar-refractivity contribution in [1.82, 2.24) is 10.6 Å². The Morgan fingerprint density at radius 2 is 1.83 bits per heavy atom. The van der Waals surface area contributed by atoms with Gasteiger partial charge in [0.2, 0.25) is 5.96 Å². The summed E-state index contributed by atoms with van der Waals surface area (Å²) < 4.78 is 18.0. The number of fused-ring (bicyclic) bond motifs is 3. The Balaban J connectivity index is 1.41. The fourth-order valence-corrected chi connectivity index (χ4v) is 13.4. The van der Waals surface area contributed by atoms with E-state index in [0.29, 0.717) is 67.2 Å². The Kier molecular flexibility index (Phi) is 16.1. The van der Waals surface area contributed by atoms with Crippen LogP contribution in [-0.4, -0.2) is 85.5 Å². The van der Waals surface area contributed by atoms with Gasteiger partial charge in [0, 0.05) is 57.0 Å². The van der Waals surface area contributed by atoms with E-state index < -0.39 is 22.7 Å². The summed E-state index contributed by atoms with van der Waals surface area (Å²) in [5.41, 5.74) is 0.761. The summed E-state index contributed by atoms with van der Waals surface area (Å²) in [6.07, 6.45) is 18.6. The number of rotatable bonds is 16. The Bertz CT molecular complexity index is 2080. The van der Waals surface area contributed by atoms with Gasteiger partial charge in [-0.2, -0.15) is 0 Å². The van der Waals surface area contributed by atoms with Gasteiger partial charge in [-0.1, -0.05) is 50.7 Å². The standard InChI is InChI=1S/C53H76N4O8/c1-6-7-12-37-29-38(13-11-26-58)41-16-9-23-53(41)40-30-43(49(62)46(31-40)65-51(34-54-2)24-21-36(32-51)28-48(61)64-5)57-50(55-3)56-25-10-15-39-14-8-22-52(39,47(60)20-18-42(37)53)33-35-17-19-44(59)45(27-35)63-4/h17-20,27,30-31,36-39,41-42,48,54,58-59,61-62H,6-9,11-16,21-24,26,28-29,32-34H2,1-5H3,(H2,55,56,57). The number of benzene rings is 2. The Morgan fingerprint density at radius 3 is 2.58 bits per heavy atom. The number of nitrogens with one attached hydrogen (secondary N) is 3. The van der Waals surface area contributed by atoms with Crippen molar-refractivity contribution in [1.29, 1.82) is 0 Å².